The van der Waals surface area contributed by atoms with E-state index in [9.17, 15) is 4.79 Å². The number of nitrogens with one attached hydrogen (secondary N) is 1. The molecule has 0 aromatic heterocycles. The van der Waals surface area contributed by atoms with Gasteiger partial charge in [-0.1, -0.05) is 6.07 Å². The van der Waals surface area contributed by atoms with E-state index in [2.05, 4.69) is 21.2 Å². The first-order chi connectivity index (χ1) is 10.2. The molecule has 0 heterocycles. The first-order valence-corrected chi connectivity index (χ1v) is 7.74. The fourth-order valence-electron chi connectivity index (χ4n) is 1.78. The second-order valence-corrected chi connectivity index (χ2v) is 5.36. The fraction of sp³-hybridized carbons (Fsp3) is 0.533. The van der Waals surface area contributed by atoms with Crippen LogP contribution in [0.15, 0.2) is 22.7 Å². The molecule has 0 fully saturated rings. The summed E-state index contributed by atoms with van der Waals surface area (Å²) in [7, 11) is 1.62. The molecule has 0 spiro atoms. The normalized spacial score (nSPS) is 10.4. The highest BCUT2D eigenvalue weighted by atomic mass is 79.9. The second-order valence-electron chi connectivity index (χ2n) is 4.51. The summed E-state index contributed by atoms with van der Waals surface area (Å²) in [5.74, 6) is 0.815. The number of carbonyl (C=O) groups is 1. The summed E-state index contributed by atoms with van der Waals surface area (Å²) in [5, 5.41) is 11.4. The van der Waals surface area contributed by atoms with E-state index in [-0.39, 0.29) is 12.5 Å². The van der Waals surface area contributed by atoms with Gasteiger partial charge in [0.25, 0.3) is 0 Å². The van der Waals surface area contributed by atoms with Gasteiger partial charge in [-0.15, -0.1) is 0 Å². The van der Waals surface area contributed by atoms with Crippen LogP contribution in [0.25, 0.3) is 0 Å². The number of methoxy groups -OCH3 is 1. The van der Waals surface area contributed by atoms with E-state index in [0.29, 0.717) is 32.6 Å². The Hall–Kier alpha value is -1.11. The standard InChI is InChI=1S/C15H22BrNO4/c1-20-14-5-3-12(11-13(14)16)4-6-15(19)17-7-2-9-21-10-8-18/h3,5,11,18H,2,4,6-10H2,1H3,(H,17,19). The van der Waals surface area contributed by atoms with Gasteiger partial charge in [0.05, 0.1) is 24.8 Å². The molecule has 1 aromatic rings. The SMILES string of the molecule is COc1ccc(CCC(=O)NCCCOCCO)cc1Br. The minimum absolute atomic E-state index is 0.0315. The summed E-state index contributed by atoms with van der Waals surface area (Å²) in [5.41, 5.74) is 1.09. The Morgan fingerprint density at radius 1 is 1.38 bits per heavy atom. The third-order valence-electron chi connectivity index (χ3n) is 2.88. The number of rotatable bonds is 10. The molecular weight excluding hydrogens is 338 g/mol. The monoisotopic (exact) mass is 359 g/mol. The lowest BCUT2D eigenvalue weighted by molar-refractivity contribution is -0.121. The van der Waals surface area contributed by atoms with Gasteiger partial charge in [0, 0.05) is 19.6 Å². The van der Waals surface area contributed by atoms with Crippen molar-refractivity contribution in [2.75, 3.05) is 33.5 Å². The molecule has 0 atom stereocenters. The first-order valence-electron chi connectivity index (χ1n) is 6.95. The maximum Gasteiger partial charge on any atom is 0.220 e. The average Bonchev–Trinajstić information content (AvgIpc) is 2.49. The van der Waals surface area contributed by atoms with Crippen molar-refractivity contribution >= 4 is 21.8 Å². The van der Waals surface area contributed by atoms with Crippen molar-refractivity contribution in [2.45, 2.75) is 19.3 Å². The zero-order chi connectivity index (χ0) is 15.5. The number of carbonyl (C=O) groups excluding carboxylic acids is 1. The van der Waals surface area contributed by atoms with Gasteiger partial charge in [-0.3, -0.25) is 4.79 Å². The fourth-order valence-corrected chi connectivity index (χ4v) is 2.37. The van der Waals surface area contributed by atoms with Crippen molar-refractivity contribution in [3.05, 3.63) is 28.2 Å². The molecule has 0 saturated heterocycles. The van der Waals surface area contributed by atoms with Crippen molar-refractivity contribution in [2.24, 2.45) is 0 Å². The Morgan fingerprint density at radius 2 is 2.19 bits per heavy atom. The number of aliphatic hydroxyl groups is 1. The van der Waals surface area contributed by atoms with Crippen molar-refractivity contribution in [1.29, 1.82) is 0 Å². The molecule has 5 nitrogen and oxygen atoms in total. The molecular formula is C15H22BrNO4. The van der Waals surface area contributed by atoms with Crippen molar-refractivity contribution in [3.63, 3.8) is 0 Å². The van der Waals surface area contributed by atoms with E-state index in [4.69, 9.17) is 14.6 Å². The molecule has 0 unspecified atom stereocenters. The Balaban J connectivity index is 2.19. The molecule has 2 N–H and O–H groups in total. The van der Waals surface area contributed by atoms with Crippen LogP contribution in [0, 0.1) is 0 Å². The molecule has 118 valence electrons. The summed E-state index contributed by atoms with van der Waals surface area (Å²) in [6, 6.07) is 5.81. The summed E-state index contributed by atoms with van der Waals surface area (Å²) >= 11 is 3.43. The summed E-state index contributed by atoms with van der Waals surface area (Å²) in [6.45, 7) is 1.52. The first kappa shape index (κ1) is 17.9. The summed E-state index contributed by atoms with van der Waals surface area (Å²) in [4.78, 5) is 11.7. The molecule has 1 aromatic carbocycles. The number of hydrogen-bond donors (Lipinski definition) is 2. The van der Waals surface area contributed by atoms with Crippen LogP contribution < -0.4 is 10.1 Å². The van der Waals surface area contributed by atoms with E-state index in [1.165, 1.54) is 0 Å². The van der Waals surface area contributed by atoms with E-state index >= 15 is 0 Å². The van der Waals surface area contributed by atoms with Crippen LogP contribution in [-0.4, -0.2) is 44.5 Å². The molecule has 0 aliphatic rings. The van der Waals surface area contributed by atoms with Crippen LogP contribution in [0.5, 0.6) is 5.75 Å². The molecule has 0 radical (unpaired) electrons. The number of halogens is 1. The van der Waals surface area contributed by atoms with Crippen LogP contribution >= 0.6 is 15.9 Å². The van der Waals surface area contributed by atoms with Gasteiger partial charge in [0.15, 0.2) is 0 Å². The van der Waals surface area contributed by atoms with Gasteiger partial charge < -0.3 is 19.9 Å². The van der Waals surface area contributed by atoms with E-state index in [1.807, 2.05) is 18.2 Å². The molecule has 0 aliphatic heterocycles. The zero-order valence-corrected chi connectivity index (χ0v) is 13.8. The average molecular weight is 360 g/mol. The smallest absolute Gasteiger partial charge is 0.220 e. The Bertz CT molecular complexity index is 440. The number of aliphatic hydroxyl groups excluding tert-OH is 1. The van der Waals surface area contributed by atoms with E-state index in [0.717, 1.165) is 22.2 Å². The van der Waals surface area contributed by atoms with Crippen LogP contribution in [0.4, 0.5) is 0 Å². The molecule has 6 heteroatoms. The van der Waals surface area contributed by atoms with Crippen molar-refractivity contribution in [3.8, 4) is 5.75 Å². The molecule has 21 heavy (non-hydrogen) atoms. The molecule has 0 aliphatic carbocycles. The van der Waals surface area contributed by atoms with Gasteiger partial charge in [-0.25, -0.2) is 0 Å². The minimum Gasteiger partial charge on any atom is -0.496 e. The molecule has 1 rings (SSSR count). The van der Waals surface area contributed by atoms with Gasteiger partial charge >= 0.3 is 0 Å². The molecule has 1 amide bonds. The molecule has 0 bridgehead atoms. The van der Waals surface area contributed by atoms with E-state index < -0.39 is 0 Å². The third kappa shape index (κ3) is 7.45. The lowest BCUT2D eigenvalue weighted by Crippen LogP contribution is -2.25. The Morgan fingerprint density at radius 3 is 2.86 bits per heavy atom. The van der Waals surface area contributed by atoms with Gasteiger partial charge in [-0.2, -0.15) is 0 Å². The summed E-state index contributed by atoms with van der Waals surface area (Å²) < 4.78 is 11.2. The van der Waals surface area contributed by atoms with E-state index in [1.54, 1.807) is 7.11 Å². The van der Waals surface area contributed by atoms with Crippen LogP contribution in [0.2, 0.25) is 0 Å². The topological polar surface area (TPSA) is 67.8 Å². The van der Waals surface area contributed by atoms with Crippen molar-refractivity contribution in [1.82, 2.24) is 5.32 Å². The number of aryl methyl sites for hydroxylation is 1. The highest BCUT2D eigenvalue weighted by Crippen LogP contribution is 2.25. The minimum atomic E-state index is 0.0315. The second kappa shape index (κ2) is 10.6. The maximum atomic E-state index is 11.7. The van der Waals surface area contributed by atoms with Crippen molar-refractivity contribution < 1.29 is 19.4 Å². The van der Waals surface area contributed by atoms with Gasteiger partial charge in [0.1, 0.15) is 5.75 Å². The quantitative estimate of drug-likeness (QED) is 0.626. The number of hydrogen-bond acceptors (Lipinski definition) is 4. The number of amides is 1. The van der Waals surface area contributed by atoms with Crippen LogP contribution in [0.3, 0.4) is 0 Å². The lowest BCUT2D eigenvalue weighted by Gasteiger charge is -2.07. The predicted molar refractivity (Wildman–Crippen MR) is 84.5 cm³/mol. The summed E-state index contributed by atoms with van der Waals surface area (Å²) in [6.07, 6.45) is 1.89. The maximum absolute atomic E-state index is 11.7. The number of ether oxygens (including phenoxy) is 2. The largest absolute Gasteiger partial charge is 0.496 e. The predicted octanol–water partition coefficient (Wildman–Crippen LogP) is 1.91. The molecule has 0 saturated carbocycles. The van der Waals surface area contributed by atoms with Crippen LogP contribution in [-0.2, 0) is 16.0 Å². The van der Waals surface area contributed by atoms with Gasteiger partial charge in [0.2, 0.25) is 5.91 Å². The van der Waals surface area contributed by atoms with Crippen LogP contribution in [0.1, 0.15) is 18.4 Å². The third-order valence-corrected chi connectivity index (χ3v) is 3.50. The highest BCUT2D eigenvalue weighted by molar-refractivity contribution is 9.10. The Kier molecular flexibility index (Phi) is 9.05. The van der Waals surface area contributed by atoms with Gasteiger partial charge in [-0.05, 0) is 46.5 Å². The zero-order valence-electron chi connectivity index (χ0n) is 12.2. The highest BCUT2D eigenvalue weighted by Gasteiger charge is 2.05. The lowest BCUT2D eigenvalue weighted by atomic mass is 10.1. The Labute approximate surface area is 133 Å². The number of benzene rings is 1.